The molecule has 4 N–H and O–H groups in total. The summed E-state index contributed by atoms with van der Waals surface area (Å²) in [6.07, 6.45) is 4.55. The number of aromatic amines is 2. The van der Waals surface area contributed by atoms with Gasteiger partial charge in [-0.2, -0.15) is 0 Å². The zero-order valence-electron chi connectivity index (χ0n) is 31.6. The summed E-state index contributed by atoms with van der Waals surface area (Å²) in [7, 11) is 2.69. The van der Waals surface area contributed by atoms with Crippen molar-refractivity contribution >= 4 is 51.4 Å². The van der Waals surface area contributed by atoms with Gasteiger partial charge in [0.1, 0.15) is 17.4 Å². The van der Waals surface area contributed by atoms with Crippen LogP contribution in [0.3, 0.4) is 0 Å². The number of methoxy groups -OCH3 is 2. The lowest BCUT2D eigenvalue weighted by atomic mass is 10.0. The van der Waals surface area contributed by atoms with Crippen LogP contribution < -0.4 is 10.6 Å². The van der Waals surface area contributed by atoms with Crippen LogP contribution in [0.1, 0.15) is 77.1 Å². The highest BCUT2D eigenvalue weighted by Crippen LogP contribution is 2.38. The molecule has 3 amide bonds. The smallest absolute Gasteiger partial charge is 0.407 e. The first-order valence-electron chi connectivity index (χ1n) is 18.7. The highest BCUT2D eigenvalue weighted by molar-refractivity contribution is 7.18. The number of pyridine rings is 1. The minimum Gasteiger partial charge on any atom is -0.453 e. The van der Waals surface area contributed by atoms with Gasteiger partial charge in [-0.05, 0) is 80.5 Å². The molecule has 15 heteroatoms. The quantitative estimate of drug-likeness (QED) is 0.113. The number of alkyl carbamates (subject to hydrolysis) is 2. The van der Waals surface area contributed by atoms with Gasteiger partial charge in [-0.3, -0.25) is 9.69 Å². The maximum atomic E-state index is 13.7. The lowest BCUT2D eigenvalue weighted by Crippen LogP contribution is -2.51. The number of amides is 3. The second-order valence-electron chi connectivity index (χ2n) is 14.9. The van der Waals surface area contributed by atoms with Crippen LogP contribution >= 0.6 is 11.3 Å². The molecule has 54 heavy (non-hydrogen) atoms. The van der Waals surface area contributed by atoms with Crippen molar-refractivity contribution in [2.45, 2.75) is 77.5 Å². The summed E-state index contributed by atoms with van der Waals surface area (Å²) in [4.78, 5) is 65.9. The Kier molecular flexibility index (Phi) is 10.9. The molecule has 4 atom stereocenters. The van der Waals surface area contributed by atoms with Crippen molar-refractivity contribution in [2.75, 3.05) is 33.9 Å². The number of thiophene rings is 1. The first-order valence-corrected chi connectivity index (χ1v) is 19.5. The molecule has 0 spiro atoms. The number of nitrogens with one attached hydrogen (secondary N) is 4. The summed E-state index contributed by atoms with van der Waals surface area (Å²) in [5.74, 6) is 1.56. The van der Waals surface area contributed by atoms with E-state index < -0.39 is 18.2 Å². The van der Waals surface area contributed by atoms with Crippen molar-refractivity contribution in [3.8, 4) is 21.1 Å². The number of nitrogens with zero attached hydrogens (tertiary/aromatic N) is 5. The Bertz CT molecular complexity index is 2140. The molecule has 1 aromatic carbocycles. The van der Waals surface area contributed by atoms with Crippen molar-refractivity contribution in [2.24, 2.45) is 11.8 Å². The predicted molar refractivity (Wildman–Crippen MR) is 208 cm³/mol. The Labute approximate surface area is 318 Å². The lowest BCUT2D eigenvalue weighted by molar-refractivity contribution is -0.135. The molecule has 0 saturated carbocycles. The van der Waals surface area contributed by atoms with E-state index in [1.54, 1.807) is 16.2 Å². The average molecular weight is 756 g/mol. The van der Waals surface area contributed by atoms with Crippen LogP contribution in [0.4, 0.5) is 9.59 Å². The molecule has 0 unspecified atom stereocenters. The normalized spacial score (nSPS) is 18.9. The average Bonchev–Trinajstić information content (AvgIpc) is 4.01. The minimum atomic E-state index is -0.701. The standard InChI is InChI=1S/C39H49N9O5S/c1-21(2)28(44-38(50)52-5)20-47-17-7-9-29(47)35-40-19-27(43-35)32-16-15-31(54-32)25-12-11-23-24(41-25)13-14-26-34(23)45-36(42-26)30-10-8-18-48(30)37(49)33(22(3)4)46-39(51)53-6/h11-16,19,21-22,28-30,33,41H,7-10,17-18,20H2,1-6H3,(H,40,43)(H,44,50)(H,46,51)/t28-,29+,30+,33+/m1/s1. The van der Waals surface area contributed by atoms with Gasteiger partial charge in [0.25, 0.3) is 0 Å². The van der Waals surface area contributed by atoms with E-state index in [4.69, 9.17) is 24.4 Å². The van der Waals surface area contributed by atoms with E-state index in [9.17, 15) is 14.4 Å². The number of benzene rings is 1. The van der Waals surface area contributed by atoms with E-state index in [1.165, 1.54) is 14.2 Å². The summed E-state index contributed by atoms with van der Waals surface area (Å²) < 4.78 is 9.64. The number of H-pyrrole nitrogens is 2. The Morgan fingerprint density at radius 2 is 1.57 bits per heavy atom. The van der Waals surface area contributed by atoms with Gasteiger partial charge in [0.15, 0.2) is 5.82 Å². The Hall–Kier alpha value is -5.02. The van der Waals surface area contributed by atoms with Crippen molar-refractivity contribution < 1.29 is 23.9 Å². The third-order valence-electron chi connectivity index (χ3n) is 10.7. The summed E-state index contributed by atoms with van der Waals surface area (Å²) in [5, 5.41) is 6.66. The monoisotopic (exact) mass is 755 g/mol. The lowest BCUT2D eigenvalue weighted by Gasteiger charge is -2.30. The second-order valence-corrected chi connectivity index (χ2v) is 16.0. The van der Waals surface area contributed by atoms with Crippen LogP contribution in [-0.4, -0.2) is 98.8 Å². The summed E-state index contributed by atoms with van der Waals surface area (Å²) in [5.41, 5.74) is 4.47. The SMILES string of the molecule is COC(=O)N[C@H](C(=O)N1CCC[C@H]1c1nc2ccc3[nH]c(-c4ccc(-c5cnc([C@@H]6CCCN6C[C@@H](NC(=O)OC)C(C)C)[nH]5)s4)ccc3c2n1)C(C)C. The summed E-state index contributed by atoms with van der Waals surface area (Å²) >= 11 is 1.69. The summed E-state index contributed by atoms with van der Waals surface area (Å²) in [6.45, 7) is 10.3. The summed E-state index contributed by atoms with van der Waals surface area (Å²) in [6, 6.07) is 11.6. The highest BCUT2D eigenvalue weighted by Gasteiger charge is 2.38. The van der Waals surface area contributed by atoms with Gasteiger partial charge in [-0.25, -0.2) is 24.5 Å². The molecular weight excluding hydrogens is 707 g/mol. The van der Waals surface area contributed by atoms with Gasteiger partial charge in [0.05, 0.1) is 59.2 Å². The topological polar surface area (TPSA) is 170 Å². The van der Waals surface area contributed by atoms with Gasteiger partial charge < -0.3 is 35.0 Å². The van der Waals surface area contributed by atoms with Crippen LogP contribution in [0.15, 0.2) is 42.6 Å². The molecule has 6 heterocycles. The van der Waals surface area contributed by atoms with Crippen molar-refractivity contribution in [3.05, 3.63) is 54.2 Å². The Balaban J connectivity index is 1.08. The van der Waals surface area contributed by atoms with Crippen molar-refractivity contribution in [1.82, 2.24) is 45.4 Å². The van der Waals surface area contributed by atoms with Crippen molar-refractivity contribution in [1.29, 1.82) is 0 Å². The molecule has 0 bridgehead atoms. The third kappa shape index (κ3) is 7.51. The van der Waals surface area contributed by atoms with E-state index >= 15 is 0 Å². The number of carbonyl (C=O) groups is 3. The van der Waals surface area contributed by atoms with E-state index in [0.29, 0.717) is 12.4 Å². The first kappa shape index (κ1) is 37.3. The fourth-order valence-electron chi connectivity index (χ4n) is 7.67. The van der Waals surface area contributed by atoms with Crippen LogP contribution in [0, 0.1) is 11.8 Å². The van der Waals surface area contributed by atoms with Gasteiger partial charge >= 0.3 is 12.2 Å². The number of fused-ring (bicyclic) bond motifs is 3. The number of hydrogen-bond donors (Lipinski definition) is 4. The molecule has 2 fully saturated rings. The minimum absolute atomic E-state index is 0.0241. The maximum absolute atomic E-state index is 13.7. The number of ether oxygens (including phenoxy) is 2. The second kappa shape index (κ2) is 15.8. The van der Waals surface area contributed by atoms with Crippen LogP contribution in [0.5, 0.6) is 0 Å². The van der Waals surface area contributed by atoms with E-state index in [1.807, 2.05) is 32.2 Å². The van der Waals surface area contributed by atoms with Gasteiger partial charge in [0, 0.05) is 30.0 Å². The molecule has 0 radical (unpaired) electrons. The van der Waals surface area contributed by atoms with Crippen LogP contribution in [0.25, 0.3) is 43.1 Å². The zero-order valence-corrected chi connectivity index (χ0v) is 32.5. The van der Waals surface area contributed by atoms with Crippen molar-refractivity contribution in [3.63, 3.8) is 0 Å². The molecular formula is C39H49N9O5S. The third-order valence-corrected chi connectivity index (χ3v) is 11.9. The largest absolute Gasteiger partial charge is 0.453 e. The number of hydrogen-bond acceptors (Lipinski definition) is 10. The molecule has 5 aromatic rings. The van der Waals surface area contributed by atoms with Gasteiger partial charge in [-0.15, -0.1) is 11.3 Å². The molecule has 4 aromatic heterocycles. The fraction of sp³-hybridized carbons (Fsp3) is 0.487. The maximum Gasteiger partial charge on any atom is 0.407 e. The highest BCUT2D eigenvalue weighted by atomic mass is 32.1. The molecule has 2 aliphatic rings. The van der Waals surface area contributed by atoms with Crippen LogP contribution in [-0.2, 0) is 14.3 Å². The molecule has 0 aliphatic carbocycles. The first-order chi connectivity index (χ1) is 26.0. The number of imidazole rings is 2. The fourth-order valence-corrected chi connectivity index (χ4v) is 8.62. The molecule has 2 saturated heterocycles. The Morgan fingerprint density at radius 1 is 0.852 bits per heavy atom. The zero-order chi connectivity index (χ0) is 38.1. The number of rotatable bonds is 11. The van der Waals surface area contributed by atoms with Gasteiger partial charge in [0.2, 0.25) is 5.91 Å². The molecule has 2 aliphatic heterocycles. The number of carbonyl (C=O) groups excluding carboxylic acids is 3. The van der Waals surface area contributed by atoms with Crippen LogP contribution in [0.2, 0.25) is 0 Å². The number of likely N-dealkylation sites (tertiary alicyclic amines) is 2. The van der Waals surface area contributed by atoms with E-state index in [-0.39, 0.29) is 35.9 Å². The Morgan fingerprint density at radius 3 is 2.31 bits per heavy atom. The molecule has 14 nitrogen and oxygen atoms in total. The molecule has 286 valence electrons. The predicted octanol–water partition coefficient (Wildman–Crippen LogP) is 6.79. The van der Waals surface area contributed by atoms with Gasteiger partial charge in [-0.1, -0.05) is 27.7 Å². The van der Waals surface area contributed by atoms with E-state index in [0.717, 1.165) is 87.7 Å². The molecule has 7 rings (SSSR count). The van der Waals surface area contributed by atoms with E-state index in [2.05, 4.69) is 63.6 Å². The number of aromatic nitrogens is 5.